The lowest BCUT2D eigenvalue weighted by Crippen LogP contribution is -2.04. The maximum absolute atomic E-state index is 12.0. The first-order valence-corrected chi connectivity index (χ1v) is 8.11. The fourth-order valence-corrected chi connectivity index (χ4v) is 2.38. The van der Waals surface area contributed by atoms with E-state index >= 15 is 0 Å². The molecule has 0 amide bonds. The van der Waals surface area contributed by atoms with Gasteiger partial charge in [-0.15, -0.1) is 0 Å². The first-order valence-electron chi connectivity index (χ1n) is 7.73. The number of hydrogen-bond donors (Lipinski definition) is 0. The van der Waals surface area contributed by atoms with Crippen LogP contribution in [0.2, 0.25) is 5.02 Å². The summed E-state index contributed by atoms with van der Waals surface area (Å²) in [6.45, 7) is 1.73. The Bertz CT molecular complexity index is 984. The van der Waals surface area contributed by atoms with Crippen LogP contribution in [-0.2, 0) is 11.3 Å². The quantitative estimate of drug-likeness (QED) is 0.342. The number of carbonyl (C=O) groups is 1. The number of nitrogens with zero attached hydrogens (tertiary/aromatic N) is 2. The van der Waals surface area contributed by atoms with Crippen molar-refractivity contribution in [3.05, 3.63) is 80.7 Å². The minimum Gasteiger partial charge on any atom is -0.454 e. The summed E-state index contributed by atoms with van der Waals surface area (Å²) >= 11 is 5.77. The van der Waals surface area contributed by atoms with Gasteiger partial charge in [-0.3, -0.25) is 10.1 Å². The van der Waals surface area contributed by atoms with Crippen molar-refractivity contribution in [1.29, 1.82) is 0 Å². The van der Waals surface area contributed by atoms with E-state index < -0.39 is 10.9 Å². The number of aromatic nitrogens is 1. The van der Waals surface area contributed by atoms with Crippen molar-refractivity contribution >= 4 is 23.3 Å². The third kappa shape index (κ3) is 4.62. The minimum atomic E-state index is -0.585. The van der Waals surface area contributed by atoms with Crippen LogP contribution in [0.5, 0.6) is 11.5 Å². The van der Waals surface area contributed by atoms with Crippen molar-refractivity contribution in [1.82, 2.24) is 5.16 Å². The molecule has 0 atom stereocenters. The van der Waals surface area contributed by atoms with Gasteiger partial charge in [0.2, 0.25) is 5.75 Å². The van der Waals surface area contributed by atoms with Gasteiger partial charge >= 0.3 is 11.7 Å². The molecule has 9 heteroatoms. The molecule has 0 N–H and O–H groups in total. The summed E-state index contributed by atoms with van der Waals surface area (Å²) in [5, 5.41) is 15.0. The summed E-state index contributed by atoms with van der Waals surface area (Å²) < 4.78 is 15.6. The summed E-state index contributed by atoms with van der Waals surface area (Å²) in [6, 6.07) is 11.8. The molecular weight excluding hydrogens is 376 g/mol. The van der Waals surface area contributed by atoms with E-state index in [2.05, 4.69) is 5.16 Å². The molecule has 0 fully saturated rings. The lowest BCUT2D eigenvalue weighted by atomic mass is 10.2. The lowest BCUT2D eigenvalue weighted by molar-refractivity contribution is -0.385. The number of ether oxygens (including phenoxy) is 2. The molecule has 0 aliphatic carbocycles. The average molecular weight is 389 g/mol. The van der Waals surface area contributed by atoms with Crippen molar-refractivity contribution in [2.45, 2.75) is 13.5 Å². The van der Waals surface area contributed by atoms with Crippen LogP contribution in [0, 0.1) is 17.0 Å². The Balaban J connectivity index is 1.67. The van der Waals surface area contributed by atoms with Crippen LogP contribution in [0.15, 0.2) is 53.1 Å². The van der Waals surface area contributed by atoms with E-state index in [1.807, 2.05) is 0 Å². The van der Waals surface area contributed by atoms with Crippen LogP contribution in [0.1, 0.15) is 21.8 Å². The fraction of sp³-hybridized carbons (Fsp3) is 0.111. The first kappa shape index (κ1) is 18.4. The van der Waals surface area contributed by atoms with Crippen molar-refractivity contribution in [3.63, 3.8) is 0 Å². The van der Waals surface area contributed by atoms with Crippen molar-refractivity contribution < 1.29 is 23.7 Å². The first-order chi connectivity index (χ1) is 12.9. The third-order valence-electron chi connectivity index (χ3n) is 3.46. The summed E-state index contributed by atoms with van der Waals surface area (Å²) in [4.78, 5) is 22.6. The van der Waals surface area contributed by atoms with Crippen molar-refractivity contribution in [2.24, 2.45) is 0 Å². The molecule has 0 aliphatic heterocycles. The molecule has 0 bridgehead atoms. The maximum Gasteiger partial charge on any atom is 0.338 e. The highest BCUT2D eigenvalue weighted by Gasteiger charge is 2.17. The average Bonchev–Trinajstić information content (AvgIpc) is 3.07. The number of hydrogen-bond acceptors (Lipinski definition) is 7. The molecule has 0 radical (unpaired) electrons. The summed E-state index contributed by atoms with van der Waals surface area (Å²) in [5.41, 5.74) is 0.733. The molecule has 0 aliphatic rings. The van der Waals surface area contributed by atoms with Crippen LogP contribution in [-0.4, -0.2) is 16.0 Å². The molecule has 0 unspecified atom stereocenters. The zero-order valence-electron chi connectivity index (χ0n) is 14.0. The summed E-state index contributed by atoms with van der Waals surface area (Å²) in [7, 11) is 0. The smallest absolute Gasteiger partial charge is 0.338 e. The maximum atomic E-state index is 12.0. The van der Waals surface area contributed by atoms with Gasteiger partial charge in [0.1, 0.15) is 5.75 Å². The molecule has 1 aromatic heterocycles. The van der Waals surface area contributed by atoms with E-state index in [0.717, 1.165) is 0 Å². The van der Waals surface area contributed by atoms with Gasteiger partial charge in [0.15, 0.2) is 12.4 Å². The highest BCUT2D eigenvalue weighted by Crippen LogP contribution is 2.33. The van der Waals surface area contributed by atoms with Crippen LogP contribution in [0.25, 0.3) is 0 Å². The van der Waals surface area contributed by atoms with E-state index in [4.69, 9.17) is 25.6 Å². The third-order valence-corrected chi connectivity index (χ3v) is 3.69. The molecule has 0 spiro atoms. The van der Waals surface area contributed by atoms with Crippen LogP contribution in [0.3, 0.4) is 0 Å². The minimum absolute atomic E-state index is 0.0328. The van der Waals surface area contributed by atoms with Gasteiger partial charge in [-0.2, -0.15) is 0 Å². The number of nitro benzene ring substituents is 1. The Hall–Kier alpha value is -3.39. The summed E-state index contributed by atoms with van der Waals surface area (Å²) in [5.74, 6) is 0.257. The SMILES string of the molecule is Cc1cc(COC(=O)c2ccc(Oc3ccc(Cl)cc3[N+](=O)[O-])cc2)on1. The predicted octanol–water partition coefficient (Wildman–Crippen LogP) is 4.69. The molecule has 3 rings (SSSR count). The van der Waals surface area contributed by atoms with Gasteiger partial charge in [-0.05, 0) is 43.3 Å². The van der Waals surface area contributed by atoms with Gasteiger partial charge in [0, 0.05) is 17.2 Å². The molecule has 8 nitrogen and oxygen atoms in total. The van der Waals surface area contributed by atoms with Crippen LogP contribution < -0.4 is 4.74 Å². The second kappa shape index (κ2) is 7.88. The molecular formula is C18H13ClN2O6. The largest absolute Gasteiger partial charge is 0.454 e. The second-order valence-corrected chi connectivity index (χ2v) is 5.94. The van der Waals surface area contributed by atoms with E-state index in [0.29, 0.717) is 22.8 Å². The van der Waals surface area contributed by atoms with Gasteiger partial charge < -0.3 is 14.0 Å². The van der Waals surface area contributed by atoms with E-state index in [9.17, 15) is 14.9 Å². The fourth-order valence-electron chi connectivity index (χ4n) is 2.21. The van der Waals surface area contributed by atoms with Gasteiger partial charge in [-0.25, -0.2) is 4.79 Å². The lowest BCUT2D eigenvalue weighted by Gasteiger charge is -2.07. The van der Waals surface area contributed by atoms with Gasteiger partial charge in [0.25, 0.3) is 0 Å². The molecule has 27 heavy (non-hydrogen) atoms. The van der Waals surface area contributed by atoms with E-state index in [1.165, 1.54) is 42.5 Å². The second-order valence-electron chi connectivity index (χ2n) is 5.51. The molecule has 1 heterocycles. The highest BCUT2D eigenvalue weighted by molar-refractivity contribution is 6.30. The topological polar surface area (TPSA) is 105 Å². The predicted molar refractivity (Wildman–Crippen MR) is 95.0 cm³/mol. The van der Waals surface area contributed by atoms with Gasteiger partial charge in [-0.1, -0.05) is 16.8 Å². The standard InChI is InChI=1S/C18H13ClN2O6/c1-11-8-15(27-20-11)10-25-18(22)12-2-5-14(6-3-12)26-17-7-4-13(19)9-16(17)21(23)24/h2-9H,10H2,1H3. The monoisotopic (exact) mass is 388 g/mol. The molecule has 3 aromatic rings. The van der Waals surface area contributed by atoms with Crippen molar-refractivity contribution in [2.75, 3.05) is 0 Å². The number of esters is 1. The van der Waals surface area contributed by atoms with Crippen molar-refractivity contribution in [3.8, 4) is 11.5 Å². The Morgan fingerprint density at radius 2 is 1.96 bits per heavy atom. The Morgan fingerprint density at radius 1 is 1.22 bits per heavy atom. The molecule has 0 saturated heterocycles. The number of aryl methyl sites for hydroxylation is 1. The molecule has 0 saturated carbocycles. The number of benzene rings is 2. The molecule has 2 aromatic carbocycles. The number of halogens is 1. The number of nitro groups is 1. The van der Waals surface area contributed by atoms with E-state index in [1.54, 1.807) is 13.0 Å². The summed E-state index contributed by atoms with van der Waals surface area (Å²) in [6.07, 6.45) is 0. The Labute approximate surface area is 158 Å². The van der Waals surface area contributed by atoms with Gasteiger partial charge in [0.05, 0.1) is 16.2 Å². The zero-order chi connectivity index (χ0) is 19.4. The normalized spacial score (nSPS) is 10.4. The zero-order valence-corrected chi connectivity index (χ0v) is 14.8. The Morgan fingerprint density at radius 3 is 2.59 bits per heavy atom. The Kier molecular flexibility index (Phi) is 5.37. The van der Waals surface area contributed by atoms with Crippen LogP contribution in [0.4, 0.5) is 5.69 Å². The van der Waals surface area contributed by atoms with E-state index in [-0.39, 0.29) is 23.1 Å². The number of carbonyl (C=O) groups excluding carboxylic acids is 1. The molecule has 138 valence electrons. The number of rotatable bonds is 6. The highest BCUT2D eigenvalue weighted by atomic mass is 35.5. The van der Waals surface area contributed by atoms with Crippen LogP contribution >= 0.6 is 11.6 Å².